The van der Waals surface area contributed by atoms with Crippen LogP contribution in [0.5, 0.6) is 5.75 Å². The van der Waals surface area contributed by atoms with E-state index in [-0.39, 0.29) is 6.10 Å². The van der Waals surface area contributed by atoms with E-state index in [2.05, 4.69) is 23.8 Å². The molecule has 1 aliphatic rings. The topological polar surface area (TPSA) is 44.2 Å². The molecule has 15 heavy (non-hydrogen) atoms. The van der Waals surface area contributed by atoms with Gasteiger partial charge in [0.15, 0.2) is 5.75 Å². The zero-order valence-electron chi connectivity index (χ0n) is 9.14. The highest BCUT2D eigenvalue weighted by Crippen LogP contribution is 2.16. The minimum atomic E-state index is 0.165. The molecule has 1 aromatic rings. The van der Waals surface area contributed by atoms with Gasteiger partial charge in [0.1, 0.15) is 11.9 Å². The van der Waals surface area contributed by atoms with Gasteiger partial charge >= 0.3 is 0 Å². The van der Waals surface area contributed by atoms with Gasteiger partial charge in [-0.2, -0.15) is 0 Å². The summed E-state index contributed by atoms with van der Waals surface area (Å²) in [6.45, 7) is 5.60. The van der Waals surface area contributed by atoms with Gasteiger partial charge in [-0.1, -0.05) is 13.8 Å². The normalized spacial score (nSPS) is 20.9. The molecule has 1 aromatic heterocycles. The molecule has 0 amide bonds. The Labute approximate surface area is 89.6 Å². The van der Waals surface area contributed by atoms with Crippen molar-refractivity contribution in [2.45, 2.75) is 32.3 Å². The van der Waals surface area contributed by atoms with Gasteiger partial charge in [0.25, 0.3) is 0 Å². The lowest BCUT2D eigenvalue weighted by Gasteiger charge is -2.11. The molecule has 1 saturated heterocycles. The van der Waals surface area contributed by atoms with Crippen LogP contribution in [0.4, 0.5) is 0 Å². The van der Waals surface area contributed by atoms with Crippen LogP contribution in [0.25, 0.3) is 0 Å². The lowest BCUT2D eigenvalue weighted by atomic mass is 10.2. The van der Waals surface area contributed by atoms with Crippen molar-refractivity contribution in [1.82, 2.24) is 9.97 Å². The van der Waals surface area contributed by atoms with E-state index in [1.165, 1.54) is 0 Å². The second kappa shape index (κ2) is 4.57. The highest BCUT2D eigenvalue weighted by atomic mass is 16.5. The van der Waals surface area contributed by atoms with Crippen LogP contribution in [-0.2, 0) is 4.74 Å². The largest absolute Gasteiger partial charge is 0.485 e. The number of rotatable bonds is 3. The summed E-state index contributed by atoms with van der Waals surface area (Å²) >= 11 is 0. The Bertz CT molecular complexity index is 305. The second-order valence-electron chi connectivity index (χ2n) is 4.04. The van der Waals surface area contributed by atoms with Crippen LogP contribution in [0, 0.1) is 0 Å². The average molecular weight is 208 g/mol. The first kappa shape index (κ1) is 10.4. The maximum absolute atomic E-state index is 5.66. The van der Waals surface area contributed by atoms with Crippen molar-refractivity contribution in [3.8, 4) is 5.75 Å². The van der Waals surface area contributed by atoms with Crippen molar-refractivity contribution in [3.05, 3.63) is 18.2 Å². The van der Waals surface area contributed by atoms with E-state index in [4.69, 9.17) is 9.47 Å². The van der Waals surface area contributed by atoms with E-state index in [1.54, 1.807) is 12.4 Å². The summed E-state index contributed by atoms with van der Waals surface area (Å²) in [5.41, 5.74) is 0. The van der Waals surface area contributed by atoms with Gasteiger partial charge in [-0.3, -0.25) is 0 Å². The Balaban J connectivity index is 1.97. The summed E-state index contributed by atoms with van der Waals surface area (Å²) < 4.78 is 10.9. The molecule has 4 heteroatoms. The molecule has 2 rings (SSSR count). The Morgan fingerprint density at radius 1 is 1.40 bits per heavy atom. The Morgan fingerprint density at radius 2 is 2.13 bits per heavy atom. The van der Waals surface area contributed by atoms with Crippen molar-refractivity contribution in [1.29, 1.82) is 0 Å². The molecule has 0 bridgehead atoms. The van der Waals surface area contributed by atoms with Gasteiger partial charge in [-0.15, -0.1) is 0 Å². The first-order valence-electron chi connectivity index (χ1n) is 5.32. The number of hydrogen-bond acceptors (Lipinski definition) is 4. The van der Waals surface area contributed by atoms with Crippen LogP contribution in [0.15, 0.2) is 12.4 Å². The summed E-state index contributed by atoms with van der Waals surface area (Å²) in [6, 6.07) is 0. The number of hydrogen-bond donors (Lipinski definition) is 0. The molecule has 1 atom stereocenters. The Hall–Kier alpha value is -1.16. The standard InChI is InChI=1S/C11H16N2O2/c1-8(2)11-12-5-10(6-13-11)15-9-3-4-14-7-9/h5-6,8-9H,3-4,7H2,1-2H3. The lowest BCUT2D eigenvalue weighted by Crippen LogP contribution is -2.16. The highest BCUT2D eigenvalue weighted by molar-refractivity contribution is 5.13. The maximum atomic E-state index is 5.66. The molecule has 4 nitrogen and oxygen atoms in total. The van der Waals surface area contributed by atoms with Crippen LogP contribution in [-0.4, -0.2) is 29.3 Å². The first-order chi connectivity index (χ1) is 7.25. The third-order valence-electron chi connectivity index (χ3n) is 2.36. The fourth-order valence-electron chi connectivity index (χ4n) is 1.48. The predicted octanol–water partition coefficient (Wildman–Crippen LogP) is 1.77. The third kappa shape index (κ3) is 2.65. The van der Waals surface area contributed by atoms with Gasteiger partial charge in [0.05, 0.1) is 25.6 Å². The lowest BCUT2D eigenvalue weighted by molar-refractivity contribution is 0.140. The first-order valence-corrected chi connectivity index (χ1v) is 5.32. The molecule has 0 N–H and O–H groups in total. The fraction of sp³-hybridized carbons (Fsp3) is 0.636. The summed E-state index contributed by atoms with van der Waals surface area (Å²) in [6.07, 6.45) is 4.59. The highest BCUT2D eigenvalue weighted by Gasteiger charge is 2.17. The summed E-state index contributed by atoms with van der Waals surface area (Å²) in [4.78, 5) is 8.49. The maximum Gasteiger partial charge on any atom is 0.156 e. The molecule has 0 aromatic carbocycles. The van der Waals surface area contributed by atoms with E-state index in [9.17, 15) is 0 Å². The zero-order chi connectivity index (χ0) is 10.7. The van der Waals surface area contributed by atoms with Gasteiger partial charge < -0.3 is 9.47 Å². The van der Waals surface area contributed by atoms with Gasteiger partial charge in [0, 0.05) is 12.3 Å². The van der Waals surface area contributed by atoms with Crippen LogP contribution >= 0.6 is 0 Å². The van der Waals surface area contributed by atoms with Crippen LogP contribution in [0.2, 0.25) is 0 Å². The minimum absolute atomic E-state index is 0.165. The van der Waals surface area contributed by atoms with Crippen LogP contribution < -0.4 is 4.74 Å². The van der Waals surface area contributed by atoms with E-state index in [1.807, 2.05) is 0 Å². The van der Waals surface area contributed by atoms with Crippen molar-refractivity contribution in [2.75, 3.05) is 13.2 Å². The SMILES string of the molecule is CC(C)c1ncc(OC2CCOC2)cn1. The molecule has 0 saturated carbocycles. The monoisotopic (exact) mass is 208 g/mol. The molecule has 2 heterocycles. The predicted molar refractivity (Wildman–Crippen MR) is 56.0 cm³/mol. The van der Waals surface area contributed by atoms with E-state index in [0.29, 0.717) is 12.5 Å². The molecule has 0 aliphatic carbocycles. The third-order valence-corrected chi connectivity index (χ3v) is 2.36. The minimum Gasteiger partial charge on any atom is -0.485 e. The smallest absolute Gasteiger partial charge is 0.156 e. The van der Waals surface area contributed by atoms with E-state index < -0.39 is 0 Å². The van der Waals surface area contributed by atoms with Crippen LogP contribution in [0.3, 0.4) is 0 Å². The molecular formula is C11H16N2O2. The molecule has 82 valence electrons. The van der Waals surface area contributed by atoms with E-state index >= 15 is 0 Å². The van der Waals surface area contributed by atoms with Gasteiger partial charge in [-0.25, -0.2) is 9.97 Å². The number of aromatic nitrogens is 2. The molecule has 1 unspecified atom stereocenters. The molecule has 1 fully saturated rings. The molecule has 0 radical (unpaired) electrons. The van der Waals surface area contributed by atoms with Gasteiger partial charge in [-0.05, 0) is 0 Å². The summed E-state index contributed by atoms with van der Waals surface area (Å²) in [7, 11) is 0. The van der Waals surface area contributed by atoms with Crippen molar-refractivity contribution >= 4 is 0 Å². The quantitative estimate of drug-likeness (QED) is 0.759. The van der Waals surface area contributed by atoms with E-state index in [0.717, 1.165) is 24.6 Å². The Morgan fingerprint density at radius 3 is 2.67 bits per heavy atom. The van der Waals surface area contributed by atoms with Crippen molar-refractivity contribution in [3.63, 3.8) is 0 Å². The number of nitrogens with zero attached hydrogens (tertiary/aromatic N) is 2. The summed E-state index contributed by atoms with van der Waals surface area (Å²) in [5, 5.41) is 0. The summed E-state index contributed by atoms with van der Waals surface area (Å²) in [5.74, 6) is 1.94. The fourth-order valence-corrected chi connectivity index (χ4v) is 1.48. The molecule has 1 aliphatic heterocycles. The van der Waals surface area contributed by atoms with Crippen LogP contribution in [0.1, 0.15) is 32.0 Å². The zero-order valence-corrected chi connectivity index (χ0v) is 9.14. The van der Waals surface area contributed by atoms with Crippen molar-refractivity contribution in [2.24, 2.45) is 0 Å². The van der Waals surface area contributed by atoms with Gasteiger partial charge in [0.2, 0.25) is 0 Å². The molecular weight excluding hydrogens is 192 g/mol. The average Bonchev–Trinajstić information content (AvgIpc) is 2.71. The second-order valence-corrected chi connectivity index (χ2v) is 4.04. The molecule has 0 spiro atoms. The number of ether oxygens (including phenoxy) is 2. The van der Waals surface area contributed by atoms with Crippen molar-refractivity contribution < 1.29 is 9.47 Å². The Kier molecular flexibility index (Phi) is 3.16.